The van der Waals surface area contributed by atoms with Crippen LogP contribution in [0.4, 0.5) is 5.95 Å². The van der Waals surface area contributed by atoms with E-state index >= 15 is 0 Å². The summed E-state index contributed by atoms with van der Waals surface area (Å²) < 4.78 is 0. The molecule has 4 rings (SSSR count). The number of piperidine rings is 1. The summed E-state index contributed by atoms with van der Waals surface area (Å²) in [5, 5.41) is 16.8. The van der Waals surface area contributed by atoms with E-state index in [2.05, 4.69) is 31.7 Å². The lowest BCUT2D eigenvalue weighted by Crippen LogP contribution is -2.36. The Balaban J connectivity index is 1.76. The summed E-state index contributed by atoms with van der Waals surface area (Å²) in [4.78, 5) is 16.2. The Hall–Kier alpha value is -1.83. The first kappa shape index (κ1) is 15.7. The van der Waals surface area contributed by atoms with E-state index in [1.54, 1.807) is 22.7 Å². The molecule has 0 atom stereocenters. The molecule has 1 N–H and O–H groups in total. The Kier molecular flexibility index (Phi) is 4.30. The highest BCUT2D eigenvalue weighted by Crippen LogP contribution is 2.34. The zero-order chi connectivity index (χ0) is 16.5. The molecule has 3 aromatic heterocycles. The number of aryl methyl sites for hydroxylation is 1. The second kappa shape index (κ2) is 6.58. The maximum absolute atomic E-state index is 9.70. The lowest BCUT2D eigenvalue weighted by Gasteiger charge is -2.29. The fraction of sp³-hybridized carbons (Fsp3) is 0.353. The summed E-state index contributed by atoms with van der Waals surface area (Å²) in [6.07, 6.45) is 3.23. The Morgan fingerprint density at radius 1 is 1.21 bits per heavy atom. The maximum Gasteiger partial charge on any atom is 0.225 e. The quantitative estimate of drug-likeness (QED) is 0.775. The minimum atomic E-state index is -0.201. The Labute approximate surface area is 148 Å². The molecule has 0 saturated carbocycles. The van der Waals surface area contributed by atoms with Gasteiger partial charge in [-0.15, -0.1) is 11.3 Å². The van der Waals surface area contributed by atoms with Gasteiger partial charge in [-0.1, -0.05) is 0 Å². The first-order chi connectivity index (χ1) is 11.7. The van der Waals surface area contributed by atoms with Gasteiger partial charge in [0, 0.05) is 35.9 Å². The van der Waals surface area contributed by atoms with Gasteiger partial charge in [0.2, 0.25) is 5.95 Å². The van der Waals surface area contributed by atoms with Crippen LogP contribution < -0.4 is 4.90 Å². The standard InChI is InChI=1S/C17H18N4OS2/c1-11-9-24-16(19-11)15-14(12-4-7-23-10-12)8-18-17(20-15)21-5-2-13(22)3-6-21/h4,7-10,13,22H,2-3,5-6H2,1H3. The molecule has 0 amide bonds. The largest absolute Gasteiger partial charge is 0.393 e. The van der Waals surface area contributed by atoms with Crippen molar-refractivity contribution in [3.63, 3.8) is 0 Å². The third kappa shape index (κ3) is 3.07. The summed E-state index contributed by atoms with van der Waals surface area (Å²) in [5.74, 6) is 0.726. The minimum Gasteiger partial charge on any atom is -0.393 e. The van der Waals surface area contributed by atoms with Crippen molar-refractivity contribution >= 4 is 28.6 Å². The summed E-state index contributed by atoms with van der Waals surface area (Å²) in [5.41, 5.74) is 4.05. The van der Waals surface area contributed by atoms with Gasteiger partial charge in [0.15, 0.2) is 0 Å². The smallest absolute Gasteiger partial charge is 0.225 e. The number of aliphatic hydroxyl groups excluding tert-OH is 1. The number of aliphatic hydroxyl groups is 1. The number of aromatic nitrogens is 3. The van der Waals surface area contributed by atoms with Crippen molar-refractivity contribution < 1.29 is 5.11 Å². The molecule has 0 unspecified atom stereocenters. The molecule has 7 heteroatoms. The van der Waals surface area contributed by atoms with E-state index in [-0.39, 0.29) is 6.10 Å². The van der Waals surface area contributed by atoms with Crippen molar-refractivity contribution in [2.45, 2.75) is 25.9 Å². The molecule has 0 spiro atoms. The van der Waals surface area contributed by atoms with Gasteiger partial charge in [-0.3, -0.25) is 0 Å². The molecular weight excluding hydrogens is 340 g/mol. The fourth-order valence-electron chi connectivity index (χ4n) is 2.85. The van der Waals surface area contributed by atoms with Gasteiger partial charge in [-0.25, -0.2) is 15.0 Å². The van der Waals surface area contributed by atoms with Crippen LogP contribution in [0.25, 0.3) is 21.8 Å². The molecule has 1 aliphatic rings. The molecule has 4 heterocycles. The van der Waals surface area contributed by atoms with Crippen LogP contribution in [-0.2, 0) is 0 Å². The lowest BCUT2D eigenvalue weighted by molar-refractivity contribution is 0.145. The van der Waals surface area contributed by atoms with Gasteiger partial charge in [0.25, 0.3) is 0 Å². The molecule has 0 aromatic carbocycles. The average molecular weight is 358 g/mol. The number of anilines is 1. The van der Waals surface area contributed by atoms with E-state index in [1.165, 1.54) is 0 Å². The van der Waals surface area contributed by atoms with Crippen LogP contribution in [-0.4, -0.2) is 39.3 Å². The fourth-order valence-corrected chi connectivity index (χ4v) is 4.30. The van der Waals surface area contributed by atoms with Crippen molar-refractivity contribution in [2.24, 2.45) is 0 Å². The molecule has 0 bridgehead atoms. The molecule has 1 aliphatic heterocycles. The first-order valence-corrected chi connectivity index (χ1v) is 9.78. The third-order valence-electron chi connectivity index (χ3n) is 4.18. The van der Waals surface area contributed by atoms with Crippen LogP contribution in [0.2, 0.25) is 0 Å². The second-order valence-electron chi connectivity index (χ2n) is 5.96. The van der Waals surface area contributed by atoms with Crippen molar-refractivity contribution in [2.75, 3.05) is 18.0 Å². The molecular formula is C17H18N4OS2. The van der Waals surface area contributed by atoms with Gasteiger partial charge in [0.1, 0.15) is 10.7 Å². The van der Waals surface area contributed by atoms with Crippen molar-refractivity contribution in [3.05, 3.63) is 34.1 Å². The van der Waals surface area contributed by atoms with Gasteiger partial charge in [0.05, 0.1) is 6.10 Å². The Bertz CT molecular complexity index is 823. The van der Waals surface area contributed by atoms with E-state index < -0.39 is 0 Å². The van der Waals surface area contributed by atoms with E-state index in [0.29, 0.717) is 0 Å². The number of thiazole rings is 1. The van der Waals surface area contributed by atoms with Crippen LogP contribution in [0.1, 0.15) is 18.5 Å². The molecule has 24 heavy (non-hydrogen) atoms. The number of thiophene rings is 1. The normalized spacial score (nSPS) is 15.8. The molecule has 124 valence electrons. The first-order valence-electron chi connectivity index (χ1n) is 7.96. The van der Waals surface area contributed by atoms with Crippen LogP contribution >= 0.6 is 22.7 Å². The lowest BCUT2D eigenvalue weighted by atomic mass is 10.1. The Morgan fingerprint density at radius 3 is 2.71 bits per heavy atom. The molecule has 1 saturated heterocycles. The molecule has 5 nitrogen and oxygen atoms in total. The average Bonchev–Trinajstić information content (AvgIpc) is 3.27. The van der Waals surface area contributed by atoms with E-state index in [1.807, 2.05) is 18.5 Å². The summed E-state index contributed by atoms with van der Waals surface area (Å²) in [7, 11) is 0. The SMILES string of the molecule is Cc1csc(-c2nc(N3CCC(O)CC3)ncc2-c2ccsc2)n1. The zero-order valence-electron chi connectivity index (χ0n) is 13.3. The van der Waals surface area contributed by atoms with Gasteiger partial charge in [-0.05, 0) is 42.2 Å². The highest BCUT2D eigenvalue weighted by atomic mass is 32.1. The topological polar surface area (TPSA) is 62.1 Å². The summed E-state index contributed by atoms with van der Waals surface area (Å²) >= 11 is 3.28. The predicted octanol–water partition coefficient (Wildman–Crippen LogP) is 3.60. The second-order valence-corrected chi connectivity index (χ2v) is 7.59. The molecule has 0 aliphatic carbocycles. The van der Waals surface area contributed by atoms with Crippen molar-refractivity contribution in [1.82, 2.24) is 15.0 Å². The number of nitrogens with zero attached hydrogens (tertiary/aromatic N) is 4. The van der Waals surface area contributed by atoms with Gasteiger partial charge < -0.3 is 10.0 Å². The van der Waals surface area contributed by atoms with Crippen LogP contribution in [0.15, 0.2) is 28.4 Å². The van der Waals surface area contributed by atoms with E-state index in [0.717, 1.165) is 59.4 Å². The molecule has 1 fully saturated rings. The van der Waals surface area contributed by atoms with Crippen LogP contribution in [0, 0.1) is 6.92 Å². The van der Waals surface area contributed by atoms with Crippen LogP contribution in [0.5, 0.6) is 0 Å². The molecule has 0 radical (unpaired) electrons. The number of rotatable bonds is 3. The third-order valence-corrected chi connectivity index (χ3v) is 5.83. The van der Waals surface area contributed by atoms with Gasteiger partial charge >= 0.3 is 0 Å². The van der Waals surface area contributed by atoms with E-state index in [4.69, 9.17) is 4.98 Å². The highest BCUT2D eigenvalue weighted by molar-refractivity contribution is 7.13. The maximum atomic E-state index is 9.70. The Morgan fingerprint density at radius 2 is 2.04 bits per heavy atom. The van der Waals surface area contributed by atoms with Gasteiger partial charge in [-0.2, -0.15) is 11.3 Å². The van der Waals surface area contributed by atoms with Crippen LogP contribution in [0.3, 0.4) is 0 Å². The number of hydrogen-bond acceptors (Lipinski definition) is 7. The summed E-state index contributed by atoms with van der Waals surface area (Å²) in [6, 6.07) is 2.09. The monoisotopic (exact) mass is 358 g/mol. The minimum absolute atomic E-state index is 0.201. The predicted molar refractivity (Wildman–Crippen MR) is 98.6 cm³/mol. The van der Waals surface area contributed by atoms with E-state index in [9.17, 15) is 5.11 Å². The van der Waals surface area contributed by atoms with Crippen molar-refractivity contribution in [1.29, 1.82) is 0 Å². The molecule has 3 aromatic rings. The highest BCUT2D eigenvalue weighted by Gasteiger charge is 2.21. The zero-order valence-corrected chi connectivity index (χ0v) is 15.0. The summed E-state index contributed by atoms with van der Waals surface area (Å²) in [6.45, 7) is 3.57. The number of hydrogen-bond donors (Lipinski definition) is 1. The van der Waals surface area contributed by atoms with Crippen molar-refractivity contribution in [3.8, 4) is 21.8 Å².